The molecule has 0 amide bonds. The summed E-state index contributed by atoms with van der Waals surface area (Å²) in [4.78, 5) is 10.2. The minimum Gasteiger partial charge on any atom is -0.390 e. The van der Waals surface area contributed by atoms with Crippen LogP contribution in [0, 0.1) is 0 Å². The molecule has 1 aromatic heterocycles. The van der Waals surface area contributed by atoms with Crippen LogP contribution in [0.3, 0.4) is 0 Å². The van der Waals surface area contributed by atoms with Gasteiger partial charge in [-0.15, -0.1) is 0 Å². The Labute approximate surface area is 138 Å². The maximum atomic E-state index is 9.79. The molecule has 0 fully saturated rings. The van der Waals surface area contributed by atoms with Crippen LogP contribution in [-0.2, 0) is 19.5 Å². The number of benzene rings is 1. The smallest absolute Gasteiger partial charge is 0.219 e. The molecule has 1 heterocycles. The fourth-order valence-corrected chi connectivity index (χ4v) is 2.39. The van der Waals surface area contributed by atoms with Crippen LogP contribution in [0.1, 0.15) is 37.0 Å². The molecule has 1 aromatic carbocycles. The van der Waals surface area contributed by atoms with Crippen LogP contribution >= 0.6 is 0 Å². The Kier molecular flexibility index (Phi) is 5.69. The Morgan fingerprint density at radius 3 is 2.09 bits per heavy atom. The molecular weight excluding hydrogens is 288 g/mol. The van der Waals surface area contributed by atoms with E-state index >= 15 is 0 Å². The molecule has 0 aliphatic rings. The number of nitrogens with zero attached hydrogens (tertiary/aromatic N) is 3. The third-order valence-electron chi connectivity index (χ3n) is 3.68. The Bertz CT molecular complexity index is 602. The van der Waals surface area contributed by atoms with Crippen molar-refractivity contribution in [3.63, 3.8) is 0 Å². The van der Waals surface area contributed by atoms with Crippen LogP contribution in [0.2, 0.25) is 0 Å². The summed E-state index contributed by atoms with van der Waals surface area (Å²) >= 11 is 0. The van der Waals surface area contributed by atoms with Crippen molar-refractivity contribution in [1.29, 1.82) is 0 Å². The zero-order valence-corrected chi connectivity index (χ0v) is 14.2. The number of anilines is 1. The maximum absolute atomic E-state index is 9.79. The summed E-state index contributed by atoms with van der Waals surface area (Å²) in [5.74, 6) is 0.304. The van der Waals surface area contributed by atoms with Crippen LogP contribution in [0.4, 0.5) is 5.95 Å². The fourth-order valence-electron chi connectivity index (χ4n) is 2.39. The number of nitrogens with two attached hydrogens (primary N) is 1. The van der Waals surface area contributed by atoms with Crippen molar-refractivity contribution < 1.29 is 5.11 Å². The van der Waals surface area contributed by atoms with Gasteiger partial charge in [-0.1, -0.05) is 24.3 Å². The van der Waals surface area contributed by atoms with Gasteiger partial charge >= 0.3 is 0 Å². The summed E-state index contributed by atoms with van der Waals surface area (Å²) in [7, 11) is 2.07. The first kappa shape index (κ1) is 17.4. The van der Waals surface area contributed by atoms with Crippen LogP contribution in [-0.4, -0.2) is 32.6 Å². The Hall–Kier alpha value is -1.98. The van der Waals surface area contributed by atoms with E-state index in [1.165, 1.54) is 11.1 Å². The minimum absolute atomic E-state index is 0.304. The van der Waals surface area contributed by atoms with E-state index in [0.29, 0.717) is 5.95 Å². The summed E-state index contributed by atoms with van der Waals surface area (Å²) in [6.07, 6.45) is 5.18. The molecule has 2 aromatic rings. The predicted molar refractivity (Wildman–Crippen MR) is 92.7 cm³/mol. The Morgan fingerprint density at radius 1 is 1.00 bits per heavy atom. The second-order valence-corrected chi connectivity index (χ2v) is 6.75. The van der Waals surface area contributed by atoms with Gasteiger partial charge in [0.25, 0.3) is 0 Å². The maximum Gasteiger partial charge on any atom is 0.219 e. The molecule has 0 bridgehead atoms. The Balaban J connectivity index is 1.86. The fraction of sp³-hybridized carbons (Fsp3) is 0.444. The van der Waals surface area contributed by atoms with E-state index in [0.717, 1.165) is 31.5 Å². The number of aliphatic hydroxyl groups is 1. The van der Waals surface area contributed by atoms with Crippen LogP contribution in [0.15, 0.2) is 36.7 Å². The zero-order valence-electron chi connectivity index (χ0n) is 14.2. The van der Waals surface area contributed by atoms with Crippen molar-refractivity contribution in [2.75, 3.05) is 12.8 Å². The molecule has 0 saturated carbocycles. The van der Waals surface area contributed by atoms with E-state index in [1.807, 2.05) is 13.8 Å². The Morgan fingerprint density at radius 2 is 1.52 bits per heavy atom. The van der Waals surface area contributed by atoms with Crippen molar-refractivity contribution >= 4 is 5.95 Å². The molecule has 0 unspecified atom stereocenters. The van der Waals surface area contributed by atoms with Gasteiger partial charge in [0, 0.05) is 31.0 Å². The number of aryl methyl sites for hydroxylation is 1. The highest BCUT2D eigenvalue weighted by molar-refractivity contribution is 5.23. The molecule has 0 radical (unpaired) electrons. The number of hydrogen-bond donors (Lipinski definition) is 2. The monoisotopic (exact) mass is 314 g/mol. The van der Waals surface area contributed by atoms with Gasteiger partial charge in [-0.2, -0.15) is 0 Å². The molecule has 0 aliphatic heterocycles. The van der Waals surface area contributed by atoms with E-state index in [1.54, 1.807) is 12.4 Å². The van der Waals surface area contributed by atoms with Gasteiger partial charge in [0.1, 0.15) is 0 Å². The average Bonchev–Trinajstić information content (AvgIpc) is 2.48. The van der Waals surface area contributed by atoms with Crippen LogP contribution in [0.5, 0.6) is 0 Å². The summed E-state index contributed by atoms with van der Waals surface area (Å²) in [6, 6.07) is 8.58. The molecular formula is C18H26N4O. The highest BCUT2D eigenvalue weighted by Crippen LogP contribution is 2.15. The van der Waals surface area contributed by atoms with Gasteiger partial charge in [0.05, 0.1) is 5.60 Å². The van der Waals surface area contributed by atoms with Crippen molar-refractivity contribution in [2.24, 2.45) is 0 Å². The molecule has 23 heavy (non-hydrogen) atoms. The number of aromatic nitrogens is 2. The lowest BCUT2D eigenvalue weighted by molar-refractivity contribution is 0.0714. The van der Waals surface area contributed by atoms with E-state index in [2.05, 4.69) is 46.2 Å². The molecule has 5 heteroatoms. The molecule has 0 atom stereocenters. The molecule has 2 rings (SSSR count). The van der Waals surface area contributed by atoms with E-state index in [9.17, 15) is 5.11 Å². The highest BCUT2D eigenvalue weighted by Gasteiger charge is 2.12. The second kappa shape index (κ2) is 7.53. The quantitative estimate of drug-likeness (QED) is 0.821. The zero-order chi connectivity index (χ0) is 16.9. The van der Waals surface area contributed by atoms with Crippen LogP contribution < -0.4 is 5.73 Å². The molecule has 5 nitrogen and oxygen atoms in total. The van der Waals surface area contributed by atoms with Gasteiger partial charge in [-0.25, -0.2) is 9.97 Å². The van der Waals surface area contributed by atoms with Gasteiger partial charge in [-0.3, -0.25) is 4.90 Å². The van der Waals surface area contributed by atoms with Crippen molar-refractivity contribution in [2.45, 2.75) is 45.4 Å². The normalized spacial score (nSPS) is 11.9. The molecule has 0 aliphatic carbocycles. The van der Waals surface area contributed by atoms with Crippen LogP contribution in [0.25, 0.3) is 0 Å². The lowest BCUT2D eigenvalue weighted by atomic mass is 9.98. The molecule has 0 spiro atoms. The lowest BCUT2D eigenvalue weighted by Gasteiger charge is -2.18. The van der Waals surface area contributed by atoms with Gasteiger partial charge in [0.2, 0.25) is 5.95 Å². The lowest BCUT2D eigenvalue weighted by Crippen LogP contribution is -2.19. The minimum atomic E-state index is -0.611. The van der Waals surface area contributed by atoms with Gasteiger partial charge in [-0.05, 0) is 44.9 Å². The third-order valence-corrected chi connectivity index (χ3v) is 3.68. The second-order valence-electron chi connectivity index (χ2n) is 6.75. The summed E-state index contributed by atoms with van der Waals surface area (Å²) in [5, 5.41) is 9.79. The van der Waals surface area contributed by atoms with Crippen molar-refractivity contribution in [1.82, 2.24) is 14.9 Å². The topological polar surface area (TPSA) is 75.3 Å². The largest absolute Gasteiger partial charge is 0.390 e. The van der Waals surface area contributed by atoms with E-state index in [4.69, 9.17) is 5.73 Å². The average molecular weight is 314 g/mol. The van der Waals surface area contributed by atoms with E-state index in [-0.39, 0.29) is 0 Å². The third kappa shape index (κ3) is 6.34. The van der Waals surface area contributed by atoms with Gasteiger partial charge < -0.3 is 10.8 Å². The summed E-state index contributed by atoms with van der Waals surface area (Å²) in [5.41, 5.74) is 8.44. The predicted octanol–water partition coefficient (Wildman–Crippen LogP) is 2.39. The van der Waals surface area contributed by atoms with Crippen molar-refractivity contribution in [3.8, 4) is 0 Å². The highest BCUT2D eigenvalue weighted by atomic mass is 16.3. The number of hydrogen-bond acceptors (Lipinski definition) is 5. The first-order chi connectivity index (χ1) is 10.8. The first-order valence-electron chi connectivity index (χ1n) is 7.87. The summed E-state index contributed by atoms with van der Waals surface area (Å²) in [6.45, 7) is 5.32. The number of nitrogen functional groups attached to an aromatic ring is 1. The number of rotatable bonds is 7. The van der Waals surface area contributed by atoms with Crippen molar-refractivity contribution in [3.05, 3.63) is 53.3 Å². The SMILES string of the molecule is CN(Cc1ccc(CCC(C)(C)O)cc1)Cc1cnc(N)nc1. The first-order valence-corrected chi connectivity index (χ1v) is 7.87. The van der Waals surface area contributed by atoms with E-state index < -0.39 is 5.60 Å². The summed E-state index contributed by atoms with van der Waals surface area (Å²) < 4.78 is 0. The molecule has 3 N–H and O–H groups in total. The van der Waals surface area contributed by atoms with Gasteiger partial charge in [0.15, 0.2) is 0 Å². The standard InChI is InChI=1S/C18H26N4O/c1-18(2,23)9-8-14-4-6-15(7-5-14)12-22(3)13-16-10-20-17(19)21-11-16/h4-7,10-11,23H,8-9,12-13H2,1-3H3,(H2,19,20,21). The molecule has 124 valence electrons. The molecule has 0 saturated heterocycles.